The van der Waals surface area contributed by atoms with Crippen molar-refractivity contribution in [3.63, 3.8) is 0 Å². The maximum atomic E-state index is 8.73. The summed E-state index contributed by atoms with van der Waals surface area (Å²) in [5.74, 6) is 0. The van der Waals surface area contributed by atoms with Gasteiger partial charge >= 0.3 is 0 Å². The van der Waals surface area contributed by atoms with Crippen LogP contribution in [0.3, 0.4) is 0 Å². The van der Waals surface area contributed by atoms with Crippen LogP contribution in [-0.4, -0.2) is 15.0 Å². The van der Waals surface area contributed by atoms with E-state index in [1.54, 1.807) is 12.4 Å². The molecule has 0 radical (unpaired) electrons. The molecule has 2 rings (SSSR count). The van der Waals surface area contributed by atoms with Crippen molar-refractivity contribution in [3.05, 3.63) is 33.8 Å². The van der Waals surface area contributed by atoms with Gasteiger partial charge in [-0.25, -0.2) is 4.98 Å². The standard InChI is InChI=1S/C10H8ClN5S/c1-6-3-14-7(4-13-6)5-15-10-16-9(11)8(2-12)17-10/h3-4H,5H2,1H3,(H,15,16). The summed E-state index contributed by atoms with van der Waals surface area (Å²) in [5, 5.41) is 12.6. The topological polar surface area (TPSA) is 74.5 Å². The van der Waals surface area contributed by atoms with E-state index in [0.717, 1.165) is 11.4 Å². The van der Waals surface area contributed by atoms with Crippen LogP contribution in [0.1, 0.15) is 16.3 Å². The number of aromatic nitrogens is 3. The number of nitrogens with zero attached hydrogens (tertiary/aromatic N) is 4. The summed E-state index contributed by atoms with van der Waals surface area (Å²) >= 11 is 6.97. The maximum absolute atomic E-state index is 8.73. The fourth-order valence-electron chi connectivity index (χ4n) is 1.12. The first-order valence-corrected chi connectivity index (χ1v) is 5.96. The highest BCUT2D eigenvalue weighted by Gasteiger charge is 2.08. The summed E-state index contributed by atoms with van der Waals surface area (Å²) in [6, 6.07) is 1.98. The Morgan fingerprint density at radius 1 is 1.47 bits per heavy atom. The number of halogens is 1. The third-order valence-corrected chi connectivity index (χ3v) is 3.25. The molecule has 7 heteroatoms. The Hall–Kier alpha value is -1.71. The van der Waals surface area contributed by atoms with Gasteiger partial charge in [0.1, 0.15) is 10.9 Å². The molecule has 0 aliphatic rings. The molecule has 0 fully saturated rings. The highest BCUT2D eigenvalue weighted by atomic mass is 35.5. The van der Waals surface area contributed by atoms with Gasteiger partial charge in [0.25, 0.3) is 0 Å². The molecule has 0 spiro atoms. The first-order valence-electron chi connectivity index (χ1n) is 4.77. The molecule has 1 N–H and O–H groups in total. The third-order valence-electron chi connectivity index (χ3n) is 1.94. The highest BCUT2D eigenvalue weighted by molar-refractivity contribution is 7.16. The van der Waals surface area contributed by atoms with Crippen LogP contribution in [0.2, 0.25) is 5.15 Å². The number of nitriles is 1. The van der Waals surface area contributed by atoms with E-state index in [9.17, 15) is 0 Å². The van der Waals surface area contributed by atoms with E-state index >= 15 is 0 Å². The summed E-state index contributed by atoms with van der Waals surface area (Å²) in [6.07, 6.45) is 3.40. The normalized spacial score (nSPS) is 9.94. The molecule has 2 aromatic rings. The van der Waals surface area contributed by atoms with Gasteiger partial charge < -0.3 is 5.32 Å². The zero-order valence-corrected chi connectivity index (χ0v) is 10.5. The van der Waals surface area contributed by atoms with E-state index in [1.807, 2.05) is 13.0 Å². The molecule has 0 aliphatic heterocycles. The summed E-state index contributed by atoms with van der Waals surface area (Å²) in [5.41, 5.74) is 1.68. The molecule has 2 heterocycles. The van der Waals surface area contributed by atoms with Crippen molar-refractivity contribution in [1.82, 2.24) is 15.0 Å². The first-order chi connectivity index (χ1) is 8.19. The lowest BCUT2D eigenvalue weighted by atomic mass is 10.4. The second-order valence-electron chi connectivity index (χ2n) is 3.25. The highest BCUT2D eigenvalue weighted by Crippen LogP contribution is 2.25. The smallest absolute Gasteiger partial charge is 0.185 e. The molecule has 17 heavy (non-hydrogen) atoms. The predicted molar refractivity (Wildman–Crippen MR) is 65.9 cm³/mol. The monoisotopic (exact) mass is 265 g/mol. The fraction of sp³-hybridized carbons (Fsp3) is 0.200. The average Bonchev–Trinajstić information content (AvgIpc) is 2.69. The number of hydrogen-bond acceptors (Lipinski definition) is 6. The third kappa shape index (κ3) is 2.90. The Bertz CT molecular complexity index is 557. The van der Waals surface area contributed by atoms with Crippen LogP contribution in [0.4, 0.5) is 5.13 Å². The van der Waals surface area contributed by atoms with Crippen molar-refractivity contribution in [3.8, 4) is 6.07 Å². The van der Waals surface area contributed by atoms with Crippen LogP contribution in [0.5, 0.6) is 0 Å². The van der Waals surface area contributed by atoms with Gasteiger partial charge in [-0.3, -0.25) is 9.97 Å². The number of aryl methyl sites for hydroxylation is 1. The molecule has 2 aromatic heterocycles. The SMILES string of the molecule is Cc1cnc(CNc2nc(Cl)c(C#N)s2)cn1. The number of anilines is 1. The van der Waals surface area contributed by atoms with Gasteiger partial charge in [-0.15, -0.1) is 0 Å². The van der Waals surface area contributed by atoms with Crippen LogP contribution in [0, 0.1) is 18.3 Å². The van der Waals surface area contributed by atoms with E-state index in [2.05, 4.69) is 20.3 Å². The van der Waals surface area contributed by atoms with Crippen molar-refractivity contribution >= 4 is 28.1 Å². The van der Waals surface area contributed by atoms with Crippen LogP contribution < -0.4 is 5.32 Å². The van der Waals surface area contributed by atoms with Gasteiger partial charge in [0.2, 0.25) is 0 Å². The van der Waals surface area contributed by atoms with Crippen LogP contribution in [0.15, 0.2) is 12.4 Å². The van der Waals surface area contributed by atoms with E-state index in [1.165, 1.54) is 11.3 Å². The largest absolute Gasteiger partial charge is 0.356 e. The molecule has 0 saturated heterocycles. The quantitative estimate of drug-likeness (QED) is 0.922. The molecule has 0 amide bonds. The van der Waals surface area contributed by atoms with Crippen molar-refractivity contribution < 1.29 is 0 Å². The predicted octanol–water partition coefficient (Wildman–Crippen LogP) is 2.38. The molecule has 0 atom stereocenters. The zero-order chi connectivity index (χ0) is 12.3. The van der Waals surface area contributed by atoms with E-state index in [-0.39, 0.29) is 5.15 Å². The Morgan fingerprint density at radius 2 is 2.29 bits per heavy atom. The summed E-state index contributed by atoms with van der Waals surface area (Å²) < 4.78 is 0. The molecule has 86 valence electrons. The minimum absolute atomic E-state index is 0.231. The number of rotatable bonds is 3. The lowest BCUT2D eigenvalue weighted by Gasteiger charge is -2.01. The van der Waals surface area contributed by atoms with E-state index < -0.39 is 0 Å². The zero-order valence-electron chi connectivity index (χ0n) is 8.94. The lowest BCUT2D eigenvalue weighted by Crippen LogP contribution is -2.02. The summed E-state index contributed by atoms with van der Waals surface area (Å²) in [7, 11) is 0. The second kappa shape index (κ2) is 5.08. The first kappa shape index (κ1) is 11.8. The minimum atomic E-state index is 0.231. The molecule has 5 nitrogen and oxygen atoms in total. The van der Waals surface area contributed by atoms with Gasteiger partial charge in [-0.05, 0) is 6.92 Å². The van der Waals surface area contributed by atoms with Crippen LogP contribution in [0.25, 0.3) is 0 Å². The fourth-order valence-corrected chi connectivity index (χ4v) is 2.07. The van der Waals surface area contributed by atoms with Crippen molar-refractivity contribution in [1.29, 1.82) is 5.26 Å². The molecule has 0 aromatic carbocycles. The number of hydrogen-bond donors (Lipinski definition) is 1. The van der Waals surface area contributed by atoms with Crippen LogP contribution in [-0.2, 0) is 6.54 Å². The van der Waals surface area contributed by atoms with Gasteiger partial charge in [0.15, 0.2) is 10.3 Å². The van der Waals surface area contributed by atoms with Crippen LogP contribution >= 0.6 is 22.9 Å². The average molecular weight is 266 g/mol. The van der Waals surface area contributed by atoms with Gasteiger partial charge in [-0.1, -0.05) is 22.9 Å². The number of thiazole rings is 1. The molecule has 0 bridgehead atoms. The molecule has 0 aliphatic carbocycles. The summed E-state index contributed by atoms with van der Waals surface area (Å²) in [6.45, 7) is 2.38. The van der Waals surface area contributed by atoms with Crippen molar-refractivity contribution in [2.75, 3.05) is 5.32 Å². The molecular weight excluding hydrogens is 258 g/mol. The Labute approximate surface area is 107 Å². The summed E-state index contributed by atoms with van der Waals surface area (Å²) in [4.78, 5) is 12.8. The Kier molecular flexibility index (Phi) is 3.52. The van der Waals surface area contributed by atoms with Gasteiger partial charge in [0.05, 0.1) is 24.1 Å². The molecule has 0 unspecified atom stereocenters. The van der Waals surface area contributed by atoms with Crippen molar-refractivity contribution in [2.24, 2.45) is 0 Å². The Morgan fingerprint density at radius 3 is 2.88 bits per heavy atom. The number of nitrogens with one attached hydrogen (secondary N) is 1. The second-order valence-corrected chi connectivity index (χ2v) is 4.61. The molecular formula is C10H8ClN5S. The molecule has 0 saturated carbocycles. The van der Waals surface area contributed by atoms with Gasteiger partial charge in [0, 0.05) is 6.20 Å². The minimum Gasteiger partial charge on any atom is -0.356 e. The van der Waals surface area contributed by atoms with E-state index in [0.29, 0.717) is 16.6 Å². The maximum Gasteiger partial charge on any atom is 0.185 e. The van der Waals surface area contributed by atoms with E-state index in [4.69, 9.17) is 16.9 Å². The van der Waals surface area contributed by atoms with Crippen molar-refractivity contribution in [2.45, 2.75) is 13.5 Å². The van der Waals surface area contributed by atoms with Gasteiger partial charge in [-0.2, -0.15) is 5.26 Å². The Balaban J connectivity index is 2.02. The lowest BCUT2D eigenvalue weighted by molar-refractivity contribution is 0.982.